The number of hydrogen-bond donors (Lipinski definition) is 2. The zero-order chi connectivity index (χ0) is 16.8. The Kier molecular flexibility index (Phi) is 6.07. The third kappa shape index (κ3) is 5.93. The predicted molar refractivity (Wildman–Crippen MR) is 70.4 cm³/mol. The first-order valence-electron chi connectivity index (χ1n) is 5.98. The molecule has 0 aliphatic heterocycles. The van der Waals surface area contributed by atoms with Gasteiger partial charge < -0.3 is 14.7 Å². The first-order chi connectivity index (χ1) is 10.2. The first kappa shape index (κ1) is 17.7. The van der Waals surface area contributed by atoms with E-state index in [1.54, 1.807) is 0 Å². The van der Waals surface area contributed by atoms with Gasteiger partial charge in [-0.2, -0.15) is 8.42 Å². The second-order valence-electron chi connectivity index (χ2n) is 4.09. The van der Waals surface area contributed by atoms with Crippen LogP contribution in [-0.2, 0) is 19.8 Å². The normalized spacial score (nSPS) is 11.0. The van der Waals surface area contributed by atoms with Crippen LogP contribution >= 0.6 is 0 Å². The summed E-state index contributed by atoms with van der Waals surface area (Å²) in [5.41, 5.74) is 0. The van der Waals surface area contributed by atoms with Crippen molar-refractivity contribution in [1.29, 1.82) is 0 Å². The van der Waals surface area contributed by atoms with Crippen LogP contribution in [0.3, 0.4) is 0 Å². The highest BCUT2D eigenvalue weighted by Crippen LogP contribution is 2.27. The monoisotopic (exact) mass is 335 g/mol. The van der Waals surface area contributed by atoms with Crippen LogP contribution in [0.4, 0.5) is 0 Å². The maximum absolute atomic E-state index is 11.5. The molecule has 0 spiro atoms. The van der Waals surface area contributed by atoms with Crippen molar-refractivity contribution in [3.63, 3.8) is 0 Å². The van der Waals surface area contributed by atoms with Gasteiger partial charge in [0.1, 0.15) is 16.4 Å². The standard InChI is InChI=1S/C11H13NO9S/c13-9-5-4-8(7-10(9)22(17,18)19)21-11(14)3-1-2-6-20-12(15)16/h4-5,7,13H,1-3,6H2,(H,17,18,19). The number of carbonyl (C=O) groups is 1. The summed E-state index contributed by atoms with van der Waals surface area (Å²) in [6.07, 6.45) is 0.473. The van der Waals surface area contributed by atoms with Crippen LogP contribution in [0.25, 0.3) is 0 Å². The first-order valence-corrected chi connectivity index (χ1v) is 7.42. The number of phenols is 1. The highest BCUT2D eigenvalue weighted by Gasteiger charge is 2.17. The minimum atomic E-state index is -4.65. The van der Waals surface area contributed by atoms with E-state index < -0.39 is 31.8 Å². The molecule has 0 atom stereocenters. The Morgan fingerprint density at radius 3 is 2.59 bits per heavy atom. The number of nitrogens with zero attached hydrogens (tertiary/aromatic N) is 1. The molecule has 10 nitrogen and oxygen atoms in total. The molecule has 0 aliphatic carbocycles. The SMILES string of the molecule is O=C(CCCCO[N+](=O)[O-])Oc1ccc(O)c(S(=O)(=O)O)c1. The molecule has 1 aromatic carbocycles. The van der Waals surface area contributed by atoms with Crippen molar-refractivity contribution in [2.75, 3.05) is 6.61 Å². The molecule has 122 valence electrons. The summed E-state index contributed by atoms with van der Waals surface area (Å²) in [6, 6.07) is 2.91. The fourth-order valence-corrected chi connectivity index (χ4v) is 2.05. The number of aromatic hydroxyl groups is 1. The Hall–Kier alpha value is -2.40. The lowest BCUT2D eigenvalue weighted by molar-refractivity contribution is -0.757. The van der Waals surface area contributed by atoms with Crippen molar-refractivity contribution in [3.8, 4) is 11.5 Å². The third-order valence-corrected chi connectivity index (χ3v) is 3.30. The zero-order valence-corrected chi connectivity index (χ0v) is 12.0. The van der Waals surface area contributed by atoms with Crippen molar-refractivity contribution >= 4 is 16.1 Å². The van der Waals surface area contributed by atoms with Gasteiger partial charge >= 0.3 is 5.97 Å². The minimum Gasteiger partial charge on any atom is -0.506 e. The molecule has 2 N–H and O–H groups in total. The van der Waals surface area contributed by atoms with E-state index in [-0.39, 0.29) is 31.6 Å². The van der Waals surface area contributed by atoms with Gasteiger partial charge in [-0.15, -0.1) is 10.1 Å². The fourth-order valence-electron chi connectivity index (χ4n) is 1.46. The van der Waals surface area contributed by atoms with Crippen LogP contribution in [0.5, 0.6) is 11.5 Å². The van der Waals surface area contributed by atoms with Crippen LogP contribution in [0, 0.1) is 10.1 Å². The number of rotatable bonds is 8. The van der Waals surface area contributed by atoms with Crippen LogP contribution in [0.15, 0.2) is 23.1 Å². The van der Waals surface area contributed by atoms with E-state index in [1.807, 2.05) is 0 Å². The molecule has 0 aromatic heterocycles. The van der Waals surface area contributed by atoms with Gasteiger partial charge in [0, 0.05) is 12.5 Å². The van der Waals surface area contributed by atoms with Gasteiger partial charge in [-0.1, -0.05) is 0 Å². The summed E-state index contributed by atoms with van der Waals surface area (Å²) in [5, 5.41) is 18.2. The van der Waals surface area contributed by atoms with Gasteiger partial charge in [-0.3, -0.25) is 9.35 Å². The number of hydrogen-bond acceptors (Lipinski definition) is 8. The van der Waals surface area contributed by atoms with Gasteiger partial charge in [0.25, 0.3) is 15.2 Å². The molecular formula is C11H13NO9S. The van der Waals surface area contributed by atoms with E-state index in [9.17, 15) is 28.4 Å². The fraction of sp³-hybridized carbons (Fsp3) is 0.364. The number of esters is 1. The molecule has 0 bridgehead atoms. The van der Waals surface area contributed by atoms with E-state index >= 15 is 0 Å². The van der Waals surface area contributed by atoms with Crippen LogP contribution in [-0.4, -0.2) is 35.7 Å². The number of unbranched alkanes of at least 4 members (excludes halogenated alkanes) is 1. The summed E-state index contributed by atoms with van der Waals surface area (Å²) in [4.78, 5) is 24.6. The Labute approximate surface area is 125 Å². The molecule has 0 amide bonds. The number of ether oxygens (including phenoxy) is 1. The highest BCUT2D eigenvalue weighted by atomic mass is 32.2. The molecule has 0 fully saturated rings. The highest BCUT2D eigenvalue weighted by molar-refractivity contribution is 7.86. The van der Waals surface area contributed by atoms with Crippen LogP contribution < -0.4 is 4.74 Å². The molecule has 11 heteroatoms. The lowest BCUT2D eigenvalue weighted by Crippen LogP contribution is -2.09. The second-order valence-corrected chi connectivity index (χ2v) is 5.48. The Balaban J connectivity index is 2.53. The van der Waals surface area contributed by atoms with Crippen LogP contribution in [0.2, 0.25) is 0 Å². The van der Waals surface area contributed by atoms with Gasteiger partial charge in [0.2, 0.25) is 0 Å². The summed E-state index contributed by atoms with van der Waals surface area (Å²) >= 11 is 0. The van der Waals surface area contributed by atoms with Crippen molar-refractivity contribution in [2.24, 2.45) is 0 Å². The maximum Gasteiger partial charge on any atom is 0.311 e. The van der Waals surface area contributed by atoms with Crippen molar-refractivity contribution in [3.05, 3.63) is 28.3 Å². The maximum atomic E-state index is 11.5. The number of phenolic OH excluding ortho intramolecular Hbond substituents is 1. The number of benzene rings is 1. The largest absolute Gasteiger partial charge is 0.506 e. The quantitative estimate of drug-likeness (QED) is 0.176. The zero-order valence-electron chi connectivity index (χ0n) is 11.2. The molecule has 1 rings (SSSR count). The van der Waals surface area contributed by atoms with Gasteiger partial charge in [0.05, 0.1) is 6.61 Å². The van der Waals surface area contributed by atoms with E-state index in [0.29, 0.717) is 0 Å². The molecule has 0 saturated carbocycles. The molecule has 0 saturated heterocycles. The van der Waals surface area contributed by atoms with E-state index in [4.69, 9.17) is 9.29 Å². The third-order valence-electron chi connectivity index (χ3n) is 2.41. The van der Waals surface area contributed by atoms with Crippen molar-refractivity contribution < 1.29 is 37.5 Å². The minimum absolute atomic E-state index is 0.0663. The van der Waals surface area contributed by atoms with Gasteiger partial charge in [-0.05, 0) is 25.0 Å². The van der Waals surface area contributed by atoms with Crippen LogP contribution in [0.1, 0.15) is 19.3 Å². The van der Waals surface area contributed by atoms with Gasteiger partial charge in [0.15, 0.2) is 0 Å². The molecule has 22 heavy (non-hydrogen) atoms. The van der Waals surface area contributed by atoms with E-state index in [2.05, 4.69) is 4.84 Å². The average molecular weight is 335 g/mol. The summed E-state index contributed by atoms with van der Waals surface area (Å²) in [7, 11) is -4.65. The average Bonchev–Trinajstić information content (AvgIpc) is 2.39. The lowest BCUT2D eigenvalue weighted by Gasteiger charge is -2.07. The Morgan fingerprint density at radius 1 is 1.32 bits per heavy atom. The lowest BCUT2D eigenvalue weighted by atomic mass is 10.2. The van der Waals surface area contributed by atoms with E-state index in [0.717, 1.165) is 18.2 Å². The summed E-state index contributed by atoms with van der Waals surface area (Å²) in [5.74, 6) is -1.55. The second kappa shape index (κ2) is 7.56. The molecular weight excluding hydrogens is 322 g/mol. The Bertz CT molecular complexity index is 656. The molecule has 0 aliphatic rings. The van der Waals surface area contributed by atoms with Gasteiger partial charge in [-0.25, -0.2) is 0 Å². The van der Waals surface area contributed by atoms with Crippen molar-refractivity contribution in [2.45, 2.75) is 24.2 Å². The molecule has 0 heterocycles. The topological polar surface area (TPSA) is 153 Å². The van der Waals surface area contributed by atoms with Crippen molar-refractivity contribution in [1.82, 2.24) is 0 Å². The summed E-state index contributed by atoms with van der Waals surface area (Å²) in [6.45, 7) is -0.146. The summed E-state index contributed by atoms with van der Waals surface area (Å²) < 4.78 is 35.7. The smallest absolute Gasteiger partial charge is 0.311 e. The molecule has 0 radical (unpaired) electrons. The number of carbonyl (C=O) groups excluding carboxylic acids is 1. The molecule has 1 aromatic rings. The van der Waals surface area contributed by atoms with E-state index in [1.165, 1.54) is 0 Å². The Morgan fingerprint density at radius 2 is 2.00 bits per heavy atom. The predicted octanol–water partition coefficient (Wildman–Crippen LogP) is 0.923. The molecule has 0 unspecified atom stereocenters.